The van der Waals surface area contributed by atoms with Crippen molar-refractivity contribution in [1.82, 2.24) is 5.32 Å². The fraction of sp³-hybridized carbons (Fsp3) is 0.571. The standard InChI is InChI=1S/C14H22FNO/c1-4-8-16-10-12(5-2)17-14-9-11(3)6-7-13(14)15/h6-7,9,12,16H,4-5,8,10H2,1-3H3. The van der Waals surface area contributed by atoms with Gasteiger partial charge in [0.05, 0.1) is 0 Å². The molecule has 0 saturated carbocycles. The van der Waals surface area contributed by atoms with Crippen LogP contribution in [0.4, 0.5) is 4.39 Å². The molecule has 0 amide bonds. The van der Waals surface area contributed by atoms with E-state index in [2.05, 4.69) is 12.2 Å². The summed E-state index contributed by atoms with van der Waals surface area (Å²) in [7, 11) is 0. The van der Waals surface area contributed by atoms with E-state index >= 15 is 0 Å². The minimum absolute atomic E-state index is 0.0258. The maximum absolute atomic E-state index is 13.5. The van der Waals surface area contributed by atoms with E-state index in [9.17, 15) is 4.39 Å². The Labute approximate surface area is 103 Å². The van der Waals surface area contributed by atoms with Gasteiger partial charge in [0.2, 0.25) is 0 Å². The molecule has 1 atom stereocenters. The van der Waals surface area contributed by atoms with Gasteiger partial charge in [-0.2, -0.15) is 0 Å². The lowest BCUT2D eigenvalue weighted by Gasteiger charge is -2.18. The Balaban J connectivity index is 2.57. The summed E-state index contributed by atoms with van der Waals surface area (Å²) in [6, 6.07) is 4.95. The molecule has 0 aromatic heterocycles. The summed E-state index contributed by atoms with van der Waals surface area (Å²) in [4.78, 5) is 0. The van der Waals surface area contributed by atoms with E-state index in [-0.39, 0.29) is 11.9 Å². The molecule has 1 aromatic carbocycles. The van der Waals surface area contributed by atoms with Gasteiger partial charge in [0, 0.05) is 6.54 Å². The Hall–Kier alpha value is -1.09. The lowest BCUT2D eigenvalue weighted by atomic mass is 10.2. The lowest BCUT2D eigenvalue weighted by Crippen LogP contribution is -2.31. The second-order valence-corrected chi connectivity index (χ2v) is 4.29. The van der Waals surface area contributed by atoms with E-state index in [1.807, 2.05) is 13.8 Å². The van der Waals surface area contributed by atoms with Crippen LogP contribution >= 0.6 is 0 Å². The molecule has 96 valence electrons. The Morgan fingerprint density at radius 3 is 2.76 bits per heavy atom. The van der Waals surface area contributed by atoms with Crippen LogP contribution in [0.2, 0.25) is 0 Å². The van der Waals surface area contributed by atoms with E-state index in [4.69, 9.17) is 4.74 Å². The molecular weight excluding hydrogens is 217 g/mol. The highest BCUT2D eigenvalue weighted by Gasteiger charge is 2.11. The summed E-state index contributed by atoms with van der Waals surface area (Å²) in [6.45, 7) is 7.83. The number of halogens is 1. The average molecular weight is 239 g/mol. The molecule has 0 aliphatic carbocycles. The first-order chi connectivity index (χ1) is 8.17. The van der Waals surface area contributed by atoms with Crippen molar-refractivity contribution < 1.29 is 9.13 Å². The van der Waals surface area contributed by atoms with Crippen molar-refractivity contribution in [2.45, 2.75) is 39.7 Å². The third-order valence-electron chi connectivity index (χ3n) is 2.63. The molecule has 1 aromatic rings. The maximum atomic E-state index is 13.5. The smallest absolute Gasteiger partial charge is 0.165 e. The average Bonchev–Trinajstić information content (AvgIpc) is 2.32. The van der Waals surface area contributed by atoms with Crippen molar-refractivity contribution in [1.29, 1.82) is 0 Å². The van der Waals surface area contributed by atoms with Gasteiger partial charge in [-0.1, -0.05) is 19.9 Å². The topological polar surface area (TPSA) is 21.3 Å². The van der Waals surface area contributed by atoms with Crippen molar-refractivity contribution in [2.75, 3.05) is 13.1 Å². The summed E-state index contributed by atoms with van der Waals surface area (Å²) >= 11 is 0. The molecule has 2 nitrogen and oxygen atoms in total. The molecule has 1 unspecified atom stereocenters. The molecule has 0 radical (unpaired) electrons. The zero-order valence-corrected chi connectivity index (χ0v) is 10.9. The zero-order chi connectivity index (χ0) is 12.7. The van der Waals surface area contributed by atoms with Gasteiger partial charge < -0.3 is 10.1 Å². The van der Waals surface area contributed by atoms with Gasteiger partial charge in [0.1, 0.15) is 6.10 Å². The summed E-state index contributed by atoms with van der Waals surface area (Å²) in [5, 5.41) is 3.29. The van der Waals surface area contributed by atoms with Crippen LogP contribution in [0.15, 0.2) is 18.2 Å². The maximum Gasteiger partial charge on any atom is 0.165 e. The first kappa shape index (κ1) is 14.0. The minimum atomic E-state index is -0.287. The third kappa shape index (κ3) is 4.73. The fourth-order valence-corrected chi connectivity index (χ4v) is 1.59. The van der Waals surface area contributed by atoms with Crippen LogP contribution in [0.1, 0.15) is 32.3 Å². The second-order valence-electron chi connectivity index (χ2n) is 4.29. The van der Waals surface area contributed by atoms with Gasteiger partial charge in [-0.25, -0.2) is 4.39 Å². The molecule has 1 N–H and O–H groups in total. The molecule has 0 aliphatic rings. The third-order valence-corrected chi connectivity index (χ3v) is 2.63. The Morgan fingerprint density at radius 1 is 1.35 bits per heavy atom. The molecule has 0 aliphatic heterocycles. The molecule has 1 rings (SSSR count). The van der Waals surface area contributed by atoms with E-state index in [1.54, 1.807) is 12.1 Å². The highest BCUT2D eigenvalue weighted by atomic mass is 19.1. The quantitative estimate of drug-likeness (QED) is 0.737. The number of rotatable bonds is 7. The molecule has 0 bridgehead atoms. The number of ether oxygens (including phenoxy) is 1. The van der Waals surface area contributed by atoms with Crippen LogP contribution in [0.5, 0.6) is 5.75 Å². The van der Waals surface area contributed by atoms with Crippen molar-refractivity contribution in [3.63, 3.8) is 0 Å². The molecule has 0 fully saturated rings. The lowest BCUT2D eigenvalue weighted by molar-refractivity contribution is 0.185. The highest BCUT2D eigenvalue weighted by Crippen LogP contribution is 2.20. The summed E-state index contributed by atoms with van der Waals surface area (Å²) in [5.41, 5.74) is 1.01. The molecule has 3 heteroatoms. The van der Waals surface area contributed by atoms with Crippen LogP contribution < -0.4 is 10.1 Å². The van der Waals surface area contributed by atoms with Gasteiger partial charge in [-0.05, 0) is 44.0 Å². The fourth-order valence-electron chi connectivity index (χ4n) is 1.59. The Morgan fingerprint density at radius 2 is 2.12 bits per heavy atom. The van der Waals surface area contributed by atoms with Crippen molar-refractivity contribution in [3.05, 3.63) is 29.6 Å². The zero-order valence-electron chi connectivity index (χ0n) is 10.9. The summed E-state index contributed by atoms with van der Waals surface area (Å²) in [6.07, 6.45) is 1.98. The first-order valence-corrected chi connectivity index (χ1v) is 6.30. The van der Waals surface area contributed by atoms with Crippen molar-refractivity contribution in [3.8, 4) is 5.75 Å². The monoisotopic (exact) mass is 239 g/mol. The second kappa shape index (κ2) is 7.28. The number of nitrogens with one attached hydrogen (secondary N) is 1. The van der Waals surface area contributed by atoms with Crippen molar-refractivity contribution >= 4 is 0 Å². The van der Waals surface area contributed by atoms with E-state index in [0.29, 0.717) is 5.75 Å². The normalized spacial score (nSPS) is 12.5. The predicted octanol–water partition coefficient (Wildman–Crippen LogP) is 3.29. The predicted molar refractivity (Wildman–Crippen MR) is 69.0 cm³/mol. The van der Waals surface area contributed by atoms with Crippen LogP contribution in [0.25, 0.3) is 0 Å². The van der Waals surface area contributed by atoms with Gasteiger partial charge in [-0.15, -0.1) is 0 Å². The molecule has 0 spiro atoms. The SMILES string of the molecule is CCCNCC(CC)Oc1cc(C)ccc1F. The Kier molecular flexibility index (Phi) is 5.98. The number of hydrogen-bond acceptors (Lipinski definition) is 2. The van der Waals surface area contributed by atoms with Crippen LogP contribution in [0.3, 0.4) is 0 Å². The van der Waals surface area contributed by atoms with Gasteiger partial charge in [0.15, 0.2) is 11.6 Å². The largest absolute Gasteiger partial charge is 0.486 e. The van der Waals surface area contributed by atoms with Crippen LogP contribution in [-0.4, -0.2) is 19.2 Å². The number of hydrogen-bond donors (Lipinski definition) is 1. The summed E-state index contributed by atoms with van der Waals surface area (Å²) < 4.78 is 19.2. The van der Waals surface area contributed by atoms with Gasteiger partial charge >= 0.3 is 0 Å². The van der Waals surface area contributed by atoms with Crippen LogP contribution in [-0.2, 0) is 0 Å². The molecule has 0 heterocycles. The van der Waals surface area contributed by atoms with Gasteiger partial charge in [-0.3, -0.25) is 0 Å². The van der Waals surface area contributed by atoms with E-state index in [1.165, 1.54) is 6.07 Å². The van der Waals surface area contributed by atoms with Gasteiger partial charge in [0.25, 0.3) is 0 Å². The highest BCUT2D eigenvalue weighted by molar-refractivity contribution is 5.29. The Bertz CT molecular complexity index is 341. The van der Waals surface area contributed by atoms with E-state index in [0.717, 1.165) is 31.5 Å². The molecule has 17 heavy (non-hydrogen) atoms. The van der Waals surface area contributed by atoms with Crippen LogP contribution in [0, 0.1) is 12.7 Å². The molecular formula is C14H22FNO. The minimum Gasteiger partial charge on any atom is -0.486 e. The van der Waals surface area contributed by atoms with Crippen molar-refractivity contribution in [2.24, 2.45) is 0 Å². The summed E-state index contributed by atoms with van der Waals surface area (Å²) in [5.74, 6) is 0.0692. The number of benzene rings is 1. The number of aryl methyl sites for hydroxylation is 1. The molecule has 0 saturated heterocycles. The van der Waals surface area contributed by atoms with E-state index < -0.39 is 0 Å². The first-order valence-electron chi connectivity index (χ1n) is 6.30.